The lowest BCUT2D eigenvalue weighted by Crippen LogP contribution is -2.07. The van der Waals surface area contributed by atoms with Gasteiger partial charge in [0.2, 0.25) is 0 Å². The molecule has 0 fully saturated rings. The summed E-state index contributed by atoms with van der Waals surface area (Å²) < 4.78 is 0. The average molecular weight is 326 g/mol. The van der Waals surface area contributed by atoms with Gasteiger partial charge in [0.25, 0.3) is 0 Å². The summed E-state index contributed by atoms with van der Waals surface area (Å²) in [7, 11) is 0. The van der Waals surface area contributed by atoms with Crippen LogP contribution in [-0.2, 0) is 0 Å². The second kappa shape index (κ2) is 6.37. The predicted molar refractivity (Wildman–Crippen MR) is 84.7 cm³/mol. The molecule has 5 heteroatoms. The number of benzene rings is 2. The van der Waals surface area contributed by atoms with Gasteiger partial charge in [-0.3, -0.25) is 0 Å². The van der Waals surface area contributed by atoms with Crippen LogP contribution in [0.25, 0.3) is 0 Å². The molecule has 2 nitrogen and oxygen atoms in total. The molecule has 1 unspecified atom stereocenters. The second-order valence-electron chi connectivity index (χ2n) is 4.32. The van der Waals surface area contributed by atoms with Gasteiger partial charge in [0.05, 0.1) is 32.7 Å². The molecule has 0 aliphatic rings. The lowest BCUT2D eigenvalue weighted by molar-refractivity contribution is 0.885. The van der Waals surface area contributed by atoms with Gasteiger partial charge in [-0.1, -0.05) is 46.9 Å². The summed E-state index contributed by atoms with van der Waals surface area (Å²) in [5.41, 5.74) is 2.30. The zero-order valence-corrected chi connectivity index (χ0v) is 12.9. The van der Waals surface area contributed by atoms with Gasteiger partial charge in [0.1, 0.15) is 0 Å². The minimum absolute atomic E-state index is 0.0637. The fraction of sp³-hybridized carbons (Fsp3) is 0.133. The SMILES string of the molecule is CC(Nc1cccc(C#N)c1)c1ccc(Cl)c(Cl)c1Cl. The van der Waals surface area contributed by atoms with Gasteiger partial charge >= 0.3 is 0 Å². The zero-order chi connectivity index (χ0) is 14.7. The highest BCUT2D eigenvalue weighted by Crippen LogP contribution is 2.36. The standard InChI is InChI=1S/C15H11Cl3N2/c1-9(12-5-6-13(16)15(18)14(12)17)20-11-4-2-3-10(7-11)8-19/h2-7,9,20H,1H3. The normalized spacial score (nSPS) is 11.8. The Morgan fingerprint density at radius 2 is 1.85 bits per heavy atom. The van der Waals surface area contributed by atoms with E-state index in [1.807, 2.05) is 25.1 Å². The molecule has 20 heavy (non-hydrogen) atoms. The Hall–Kier alpha value is -1.40. The topological polar surface area (TPSA) is 35.8 Å². The molecular formula is C15H11Cl3N2. The number of nitrogens with one attached hydrogen (secondary N) is 1. The van der Waals surface area contributed by atoms with E-state index in [1.54, 1.807) is 18.2 Å². The Morgan fingerprint density at radius 1 is 1.10 bits per heavy atom. The number of halogens is 3. The molecule has 102 valence electrons. The lowest BCUT2D eigenvalue weighted by atomic mass is 10.1. The van der Waals surface area contributed by atoms with Crippen molar-refractivity contribution in [3.8, 4) is 6.07 Å². The van der Waals surface area contributed by atoms with E-state index in [0.717, 1.165) is 11.3 Å². The Morgan fingerprint density at radius 3 is 2.55 bits per heavy atom. The van der Waals surface area contributed by atoms with E-state index >= 15 is 0 Å². The van der Waals surface area contributed by atoms with Crippen LogP contribution in [0.15, 0.2) is 36.4 Å². The van der Waals surface area contributed by atoms with Crippen LogP contribution in [0.1, 0.15) is 24.1 Å². The minimum Gasteiger partial charge on any atom is -0.378 e. The summed E-state index contributed by atoms with van der Waals surface area (Å²) in [5.74, 6) is 0. The van der Waals surface area contributed by atoms with Gasteiger partial charge in [-0.25, -0.2) is 0 Å². The molecule has 1 N–H and O–H groups in total. The van der Waals surface area contributed by atoms with Crippen molar-refractivity contribution in [3.05, 3.63) is 62.6 Å². The molecule has 0 aliphatic heterocycles. The summed E-state index contributed by atoms with van der Waals surface area (Å²) in [4.78, 5) is 0. The summed E-state index contributed by atoms with van der Waals surface area (Å²) in [5, 5.41) is 13.4. The first-order chi connectivity index (χ1) is 9.52. The Labute approximate surface area is 132 Å². The maximum atomic E-state index is 8.89. The Bertz CT molecular complexity index is 677. The lowest BCUT2D eigenvalue weighted by Gasteiger charge is -2.18. The first-order valence-electron chi connectivity index (χ1n) is 5.93. The minimum atomic E-state index is -0.0637. The van der Waals surface area contributed by atoms with Crippen LogP contribution in [0.4, 0.5) is 5.69 Å². The monoisotopic (exact) mass is 324 g/mol. The van der Waals surface area contributed by atoms with Crippen molar-refractivity contribution in [2.45, 2.75) is 13.0 Å². The molecular weight excluding hydrogens is 315 g/mol. The number of rotatable bonds is 3. The molecule has 0 aliphatic carbocycles. The van der Waals surface area contributed by atoms with E-state index in [-0.39, 0.29) is 6.04 Å². The van der Waals surface area contributed by atoms with Gasteiger partial charge < -0.3 is 5.32 Å². The summed E-state index contributed by atoms with van der Waals surface area (Å²) in [6.45, 7) is 1.96. The Balaban J connectivity index is 2.26. The molecule has 0 bridgehead atoms. The molecule has 2 aromatic rings. The fourth-order valence-corrected chi connectivity index (χ4v) is 2.59. The van der Waals surface area contributed by atoms with E-state index in [4.69, 9.17) is 40.1 Å². The third-order valence-corrected chi connectivity index (χ3v) is 4.21. The van der Waals surface area contributed by atoms with E-state index in [9.17, 15) is 0 Å². The second-order valence-corrected chi connectivity index (χ2v) is 5.49. The van der Waals surface area contributed by atoms with Crippen LogP contribution >= 0.6 is 34.8 Å². The highest BCUT2D eigenvalue weighted by atomic mass is 35.5. The quantitative estimate of drug-likeness (QED) is 0.736. The third kappa shape index (κ3) is 3.19. The highest BCUT2D eigenvalue weighted by molar-refractivity contribution is 6.48. The van der Waals surface area contributed by atoms with Crippen molar-refractivity contribution in [1.29, 1.82) is 5.26 Å². The van der Waals surface area contributed by atoms with Crippen LogP contribution in [0.5, 0.6) is 0 Å². The van der Waals surface area contributed by atoms with Gasteiger partial charge in [-0.05, 0) is 36.8 Å². The number of nitriles is 1. The predicted octanol–water partition coefficient (Wildman–Crippen LogP) is 5.69. The van der Waals surface area contributed by atoms with E-state index in [0.29, 0.717) is 20.6 Å². The number of nitrogens with zero attached hydrogens (tertiary/aromatic N) is 1. The molecule has 0 amide bonds. The van der Waals surface area contributed by atoms with E-state index in [2.05, 4.69) is 11.4 Å². The van der Waals surface area contributed by atoms with Gasteiger partial charge in [-0.15, -0.1) is 0 Å². The van der Waals surface area contributed by atoms with E-state index in [1.165, 1.54) is 0 Å². The smallest absolute Gasteiger partial charge is 0.0992 e. The zero-order valence-electron chi connectivity index (χ0n) is 10.6. The summed E-state index contributed by atoms with van der Waals surface area (Å²) in [6, 6.07) is 12.8. The van der Waals surface area contributed by atoms with Crippen molar-refractivity contribution in [2.24, 2.45) is 0 Å². The first kappa shape index (κ1) is 15.0. The van der Waals surface area contributed by atoms with Crippen LogP contribution in [-0.4, -0.2) is 0 Å². The van der Waals surface area contributed by atoms with E-state index < -0.39 is 0 Å². The number of hydrogen-bond donors (Lipinski definition) is 1. The van der Waals surface area contributed by atoms with Crippen LogP contribution < -0.4 is 5.32 Å². The molecule has 0 radical (unpaired) electrons. The molecule has 0 heterocycles. The van der Waals surface area contributed by atoms with Crippen LogP contribution in [0.2, 0.25) is 15.1 Å². The van der Waals surface area contributed by atoms with Crippen molar-refractivity contribution in [1.82, 2.24) is 0 Å². The van der Waals surface area contributed by atoms with Crippen molar-refractivity contribution < 1.29 is 0 Å². The van der Waals surface area contributed by atoms with Crippen LogP contribution in [0, 0.1) is 11.3 Å². The van der Waals surface area contributed by atoms with Gasteiger partial charge in [-0.2, -0.15) is 5.26 Å². The number of hydrogen-bond acceptors (Lipinski definition) is 2. The summed E-state index contributed by atoms with van der Waals surface area (Å²) in [6.07, 6.45) is 0. The van der Waals surface area contributed by atoms with Crippen LogP contribution in [0.3, 0.4) is 0 Å². The van der Waals surface area contributed by atoms with Crippen molar-refractivity contribution in [2.75, 3.05) is 5.32 Å². The largest absolute Gasteiger partial charge is 0.378 e. The molecule has 0 saturated carbocycles. The maximum Gasteiger partial charge on any atom is 0.0992 e. The number of anilines is 1. The van der Waals surface area contributed by atoms with Crippen molar-refractivity contribution >= 4 is 40.5 Å². The maximum absolute atomic E-state index is 8.89. The summed E-state index contributed by atoms with van der Waals surface area (Å²) >= 11 is 18.2. The van der Waals surface area contributed by atoms with Crippen molar-refractivity contribution in [3.63, 3.8) is 0 Å². The fourth-order valence-electron chi connectivity index (χ4n) is 1.88. The highest BCUT2D eigenvalue weighted by Gasteiger charge is 2.14. The average Bonchev–Trinajstić information content (AvgIpc) is 2.45. The molecule has 2 rings (SSSR count). The van der Waals surface area contributed by atoms with Gasteiger partial charge in [0, 0.05) is 5.69 Å². The molecule has 0 spiro atoms. The van der Waals surface area contributed by atoms with Gasteiger partial charge in [0.15, 0.2) is 0 Å². The molecule has 0 aromatic heterocycles. The third-order valence-electron chi connectivity index (χ3n) is 2.91. The molecule has 2 aromatic carbocycles. The first-order valence-corrected chi connectivity index (χ1v) is 7.06. The molecule has 0 saturated heterocycles. The molecule has 1 atom stereocenters. The Kier molecular flexibility index (Phi) is 4.77.